The van der Waals surface area contributed by atoms with Gasteiger partial charge in [-0.05, 0) is 44.4 Å². The van der Waals surface area contributed by atoms with Crippen LogP contribution in [0.15, 0.2) is 18.2 Å². The van der Waals surface area contributed by atoms with Crippen molar-refractivity contribution >= 4 is 17.3 Å². The van der Waals surface area contributed by atoms with Crippen LogP contribution in [0, 0.1) is 0 Å². The van der Waals surface area contributed by atoms with Crippen molar-refractivity contribution < 1.29 is 0 Å². The summed E-state index contributed by atoms with van der Waals surface area (Å²) in [5.41, 5.74) is 8.40. The Bertz CT molecular complexity index is 363. The Hall–Kier alpha value is -0.730. The number of nitrogens with two attached hydrogens (primary N) is 1. The fraction of sp³-hybridized carbons (Fsp3) is 0.571. The van der Waals surface area contributed by atoms with Crippen LogP contribution in [-0.2, 0) is 6.42 Å². The molecule has 2 nitrogen and oxygen atoms in total. The first-order chi connectivity index (χ1) is 7.97. The third-order valence-electron chi connectivity index (χ3n) is 3.24. The SMILES string of the molecule is CCC(N)Cc1c(Cl)cccc1N(C)C(C)C. The van der Waals surface area contributed by atoms with Crippen LogP contribution in [-0.4, -0.2) is 19.1 Å². The van der Waals surface area contributed by atoms with Gasteiger partial charge in [-0.3, -0.25) is 0 Å². The van der Waals surface area contributed by atoms with Crippen molar-refractivity contribution in [1.29, 1.82) is 0 Å². The Morgan fingerprint density at radius 1 is 1.35 bits per heavy atom. The molecule has 0 bridgehead atoms. The van der Waals surface area contributed by atoms with E-state index in [9.17, 15) is 0 Å². The highest BCUT2D eigenvalue weighted by atomic mass is 35.5. The fourth-order valence-electron chi connectivity index (χ4n) is 1.76. The summed E-state index contributed by atoms with van der Waals surface area (Å²) in [5.74, 6) is 0. The quantitative estimate of drug-likeness (QED) is 0.872. The van der Waals surface area contributed by atoms with Crippen LogP contribution in [0.25, 0.3) is 0 Å². The summed E-state index contributed by atoms with van der Waals surface area (Å²) in [5, 5.41) is 0.818. The normalized spacial score (nSPS) is 12.9. The fourth-order valence-corrected chi connectivity index (χ4v) is 2.01. The van der Waals surface area contributed by atoms with Crippen LogP contribution in [0.1, 0.15) is 32.8 Å². The van der Waals surface area contributed by atoms with E-state index in [0.717, 1.165) is 17.9 Å². The lowest BCUT2D eigenvalue weighted by Crippen LogP contribution is -2.28. The van der Waals surface area contributed by atoms with E-state index in [1.54, 1.807) is 0 Å². The summed E-state index contributed by atoms with van der Waals surface area (Å²) < 4.78 is 0. The maximum absolute atomic E-state index is 6.30. The number of nitrogens with zero attached hydrogens (tertiary/aromatic N) is 1. The predicted octanol–water partition coefficient (Wildman–Crippen LogP) is 3.46. The maximum Gasteiger partial charge on any atom is 0.0459 e. The molecule has 2 N–H and O–H groups in total. The summed E-state index contributed by atoms with van der Waals surface area (Å²) >= 11 is 6.30. The molecule has 0 aliphatic carbocycles. The van der Waals surface area contributed by atoms with E-state index in [4.69, 9.17) is 17.3 Å². The molecule has 0 heterocycles. The van der Waals surface area contributed by atoms with Crippen molar-refractivity contribution in [2.75, 3.05) is 11.9 Å². The molecule has 0 saturated heterocycles. The Labute approximate surface area is 110 Å². The second-order valence-electron chi connectivity index (χ2n) is 4.81. The minimum absolute atomic E-state index is 0.175. The summed E-state index contributed by atoms with van der Waals surface area (Å²) in [6.45, 7) is 6.45. The monoisotopic (exact) mass is 254 g/mol. The van der Waals surface area contributed by atoms with E-state index in [2.05, 4.69) is 38.8 Å². The van der Waals surface area contributed by atoms with E-state index in [-0.39, 0.29) is 6.04 Å². The lowest BCUT2D eigenvalue weighted by Gasteiger charge is -2.27. The molecule has 0 fully saturated rings. The molecule has 1 aromatic rings. The summed E-state index contributed by atoms with van der Waals surface area (Å²) in [7, 11) is 2.09. The smallest absolute Gasteiger partial charge is 0.0459 e. The number of hydrogen-bond acceptors (Lipinski definition) is 2. The van der Waals surface area contributed by atoms with E-state index in [1.165, 1.54) is 11.3 Å². The van der Waals surface area contributed by atoms with E-state index >= 15 is 0 Å². The van der Waals surface area contributed by atoms with Crippen LogP contribution >= 0.6 is 11.6 Å². The zero-order valence-corrected chi connectivity index (χ0v) is 12.0. The van der Waals surface area contributed by atoms with Gasteiger partial charge in [0.1, 0.15) is 0 Å². The van der Waals surface area contributed by atoms with Crippen molar-refractivity contribution in [2.45, 2.75) is 45.7 Å². The summed E-state index contributed by atoms with van der Waals surface area (Å²) in [4.78, 5) is 2.24. The average molecular weight is 255 g/mol. The molecule has 0 saturated carbocycles. The maximum atomic E-state index is 6.30. The van der Waals surface area contributed by atoms with Gasteiger partial charge in [-0.2, -0.15) is 0 Å². The first kappa shape index (κ1) is 14.3. The first-order valence-electron chi connectivity index (χ1n) is 6.23. The summed E-state index contributed by atoms with van der Waals surface area (Å²) in [6, 6.07) is 6.68. The third-order valence-corrected chi connectivity index (χ3v) is 3.59. The molecule has 1 rings (SSSR count). The van der Waals surface area contributed by atoms with Crippen LogP contribution < -0.4 is 10.6 Å². The van der Waals surface area contributed by atoms with Gasteiger partial charge in [0.25, 0.3) is 0 Å². The van der Waals surface area contributed by atoms with Gasteiger partial charge in [0.05, 0.1) is 0 Å². The molecule has 96 valence electrons. The van der Waals surface area contributed by atoms with Gasteiger partial charge in [0.2, 0.25) is 0 Å². The summed E-state index contributed by atoms with van der Waals surface area (Å²) in [6.07, 6.45) is 1.80. The Morgan fingerprint density at radius 2 is 2.00 bits per heavy atom. The zero-order valence-electron chi connectivity index (χ0n) is 11.2. The molecule has 0 radical (unpaired) electrons. The molecule has 0 amide bonds. The lowest BCUT2D eigenvalue weighted by atomic mass is 10.0. The Morgan fingerprint density at radius 3 is 2.53 bits per heavy atom. The second kappa shape index (κ2) is 6.27. The van der Waals surface area contributed by atoms with Gasteiger partial charge in [-0.15, -0.1) is 0 Å². The number of anilines is 1. The number of rotatable bonds is 5. The average Bonchev–Trinajstić information content (AvgIpc) is 2.30. The second-order valence-corrected chi connectivity index (χ2v) is 5.22. The molecule has 0 spiro atoms. The molecule has 17 heavy (non-hydrogen) atoms. The van der Waals surface area contributed by atoms with Gasteiger partial charge in [-0.25, -0.2) is 0 Å². The highest BCUT2D eigenvalue weighted by Crippen LogP contribution is 2.29. The molecule has 0 aliphatic heterocycles. The highest BCUT2D eigenvalue weighted by Gasteiger charge is 2.14. The molecule has 1 aromatic carbocycles. The van der Waals surface area contributed by atoms with E-state index < -0.39 is 0 Å². The number of halogens is 1. The van der Waals surface area contributed by atoms with Crippen molar-refractivity contribution in [3.8, 4) is 0 Å². The molecule has 3 heteroatoms. The minimum atomic E-state index is 0.175. The first-order valence-corrected chi connectivity index (χ1v) is 6.61. The standard InChI is InChI=1S/C14H23ClN2/c1-5-11(16)9-12-13(15)7-6-8-14(12)17(4)10(2)3/h6-8,10-11H,5,9,16H2,1-4H3. The van der Waals surface area contributed by atoms with E-state index in [1.807, 2.05) is 12.1 Å². The van der Waals surface area contributed by atoms with Gasteiger partial charge >= 0.3 is 0 Å². The van der Waals surface area contributed by atoms with E-state index in [0.29, 0.717) is 6.04 Å². The van der Waals surface area contributed by atoms with Crippen molar-refractivity contribution in [1.82, 2.24) is 0 Å². The van der Waals surface area contributed by atoms with Gasteiger partial charge in [0, 0.05) is 29.8 Å². The molecule has 1 unspecified atom stereocenters. The lowest BCUT2D eigenvalue weighted by molar-refractivity contribution is 0.642. The molecular formula is C14H23ClN2. The molecule has 0 aliphatic rings. The van der Waals surface area contributed by atoms with Gasteiger partial charge in [0.15, 0.2) is 0 Å². The Kier molecular flexibility index (Phi) is 5.29. The minimum Gasteiger partial charge on any atom is -0.372 e. The van der Waals surface area contributed by atoms with Crippen molar-refractivity contribution in [3.63, 3.8) is 0 Å². The third kappa shape index (κ3) is 3.62. The van der Waals surface area contributed by atoms with Crippen LogP contribution in [0.3, 0.4) is 0 Å². The number of benzene rings is 1. The molecule has 1 atom stereocenters. The van der Waals surface area contributed by atoms with Gasteiger partial charge in [-0.1, -0.05) is 24.6 Å². The molecular weight excluding hydrogens is 232 g/mol. The largest absolute Gasteiger partial charge is 0.372 e. The van der Waals surface area contributed by atoms with Crippen LogP contribution in [0.5, 0.6) is 0 Å². The van der Waals surface area contributed by atoms with Crippen molar-refractivity contribution in [3.05, 3.63) is 28.8 Å². The van der Waals surface area contributed by atoms with Crippen LogP contribution in [0.2, 0.25) is 5.02 Å². The predicted molar refractivity (Wildman–Crippen MR) is 77.0 cm³/mol. The highest BCUT2D eigenvalue weighted by molar-refractivity contribution is 6.31. The zero-order chi connectivity index (χ0) is 13.0. The topological polar surface area (TPSA) is 29.3 Å². The Balaban J connectivity index is 3.08. The van der Waals surface area contributed by atoms with Crippen LogP contribution in [0.4, 0.5) is 5.69 Å². The molecule has 0 aromatic heterocycles. The van der Waals surface area contributed by atoms with Gasteiger partial charge < -0.3 is 10.6 Å². The van der Waals surface area contributed by atoms with Crippen molar-refractivity contribution in [2.24, 2.45) is 5.73 Å². The number of hydrogen-bond donors (Lipinski definition) is 1.